The summed E-state index contributed by atoms with van der Waals surface area (Å²) in [5.41, 5.74) is 0.360. The zero-order valence-electron chi connectivity index (χ0n) is 17.1. The van der Waals surface area contributed by atoms with Crippen molar-refractivity contribution in [2.24, 2.45) is 7.05 Å². The van der Waals surface area contributed by atoms with Crippen LogP contribution in [0, 0.1) is 15.9 Å². The van der Waals surface area contributed by atoms with Crippen LogP contribution in [0.5, 0.6) is 0 Å². The first kappa shape index (κ1) is 22.5. The lowest BCUT2D eigenvalue weighted by Gasteiger charge is -2.11. The number of rotatable bonds is 7. The molecule has 0 aliphatic carbocycles. The van der Waals surface area contributed by atoms with Gasteiger partial charge in [-0.1, -0.05) is 23.9 Å². The van der Waals surface area contributed by atoms with Gasteiger partial charge in [0.1, 0.15) is 12.1 Å². The lowest BCUT2D eigenvalue weighted by Crippen LogP contribution is -2.13. The van der Waals surface area contributed by atoms with Gasteiger partial charge in [0.2, 0.25) is 0 Å². The van der Waals surface area contributed by atoms with Gasteiger partial charge in [0.15, 0.2) is 5.16 Å². The predicted octanol–water partition coefficient (Wildman–Crippen LogP) is 5.42. The zero-order chi connectivity index (χ0) is 23.4. The summed E-state index contributed by atoms with van der Waals surface area (Å²) in [7, 11) is 1.84. The lowest BCUT2D eigenvalue weighted by molar-refractivity contribution is -0.384. The summed E-state index contributed by atoms with van der Waals surface area (Å²) in [5.74, 6) is -0.977. The second-order valence-corrected chi connectivity index (χ2v) is 8.90. The van der Waals surface area contributed by atoms with E-state index in [1.807, 2.05) is 19.2 Å². The van der Waals surface area contributed by atoms with E-state index in [0.717, 1.165) is 21.8 Å². The average Bonchev–Trinajstić information content (AvgIpc) is 3.21. The minimum absolute atomic E-state index is 0.0787. The fourth-order valence-corrected chi connectivity index (χ4v) is 4.53. The van der Waals surface area contributed by atoms with Gasteiger partial charge in [-0.05, 0) is 54.2 Å². The number of halogens is 1. The third-order valence-electron chi connectivity index (χ3n) is 4.47. The van der Waals surface area contributed by atoms with Crippen molar-refractivity contribution < 1.29 is 14.1 Å². The third kappa shape index (κ3) is 5.38. The van der Waals surface area contributed by atoms with Gasteiger partial charge in [-0.2, -0.15) is 0 Å². The van der Waals surface area contributed by atoms with Gasteiger partial charge >= 0.3 is 0 Å². The topological polar surface area (TPSA) is 103 Å². The molecule has 0 atom stereocenters. The van der Waals surface area contributed by atoms with Gasteiger partial charge in [0.25, 0.3) is 11.6 Å². The summed E-state index contributed by atoms with van der Waals surface area (Å²) in [6, 6.07) is 17.1. The molecule has 0 aliphatic heterocycles. The van der Waals surface area contributed by atoms with Crippen LogP contribution in [0.15, 0.2) is 92.9 Å². The second kappa shape index (κ2) is 9.84. The highest BCUT2D eigenvalue weighted by Gasteiger charge is 2.19. The van der Waals surface area contributed by atoms with Gasteiger partial charge in [-0.3, -0.25) is 14.9 Å². The van der Waals surface area contributed by atoms with Crippen LogP contribution in [-0.2, 0) is 7.05 Å². The van der Waals surface area contributed by atoms with E-state index in [-0.39, 0.29) is 11.3 Å². The van der Waals surface area contributed by atoms with E-state index in [9.17, 15) is 19.3 Å². The van der Waals surface area contributed by atoms with Crippen LogP contribution in [0.2, 0.25) is 0 Å². The van der Waals surface area contributed by atoms with E-state index < -0.39 is 16.6 Å². The molecule has 0 bridgehead atoms. The fraction of sp³-hybridized carbons (Fsp3) is 0.0455. The number of amides is 1. The van der Waals surface area contributed by atoms with Crippen LogP contribution in [0.1, 0.15) is 10.4 Å². The maximum atomic E-state index is 14.1. The standard InChI is InChI=1S/C22H16FN5O3S2/c1-27-13-24-26-22(27)32-16-9-6-14(7-10-16)25-21(29)17-12-15(28(30)31)8-11-19(17)33-20-5-3-2-4-18(20)23/h2-13H,1H3,(H,25,29). The molecule has 0 spiro atoms. The van der Waals surface area contributed by atoms with Crippen LogP contribution >= 0.6 is 23.5 Å². The van der Waals surface area contributed by atoms with E-state index in [0.29, 0.717) is 15.5 Å². The second-order valence-electron chi connectivity index (χ2n) is 6.78. The van der Waals surface area contributed by atoms with E-state index in [2.05, 4.69) is 15.5 Å². The highest BCUT2D eigenvalue weighted by atomic mass is 32.2. The minimum atomic E-state index is -0.577. The number of nitro benzene ring substituents is 1. The molecule has 4 aromatic rings. The largest absolute Gasteiger partial charge is 0.322 e. The van der Waals surface area contributed by atoms with E-state index >= 15 is 0 Å². The molecular formula is C22H16FN5O3S2. The molecule has 0 saturated heterocycles. The summed E-state index contributed by atoms with van der Waals surface area (Å²) in [6.45, 7) is 0. The molecular weight excluding hydrogens is 465 g/mol. The Morgan fingerprint density at radius 1 is 1.06 bits per heavy atom. The summed E-state index contributed by atoms with van der Waals surface area (Å²) in [4.78, 5) is 25.3. The highest BCUT2D eigenvalue weighted by Crippen LogP contribution is 2.34. The van der Waals surface area contributed by atoms with E-state index in [1.165, 1.54) is 36.0 Å². The van der Waals surface area contributed by atoms with Crippen LogP contribution in [0.25, 0.3) is 0 Å². The Bertz CT molecular complexity index is 1330. The Hall–Kier alpha value is -3.70. The van der Waals surface area contributed by atoms with Crippen molar-refractivity contribution >= 4 is 40.8 Å². The number of hydrogen-bond donors (Lipinski definition) is 1. The zero-order valence-corrected chi connectivity index (χ0v) is 18.8. The minimum Gasteiger partial charge on any atom is -0.322 e. The summed E-state index contributed by atoms with van der Waals surface area (Å²) < 4.78 is 15.9. The number of benzene rings is 3. The number of nitro groups is 1. The molecule has 1 N–H and O–H groups in total. The quantitative estimate of drug-likeness (QED) is 0.278. The SMILES string of the molecule is Cn1cnnc1Sc1ccc(NC(=O)c2cc([N+](=O)[O-])ccc2Sc2ccccc2F)cc1. The number of aryl methyl sites for hydroxylation is 1. The number of nitrogens with one attached hydrogen (secondary N) is 1. The normalized spacial score (nSPS) is 10.7. The maximum Gasteiger partial charge on any atom is 0.270 e. The number of carbonyl (C=O) groups excluding carboxylic acids is 1. The predicted molar refractivity (Wildman–Crippen MR) is 123 cm³/mol. The Morgan fingerprint density at radius 2 is 1.82 bits per heavy atom. The average molecular weight is 482 g/mol. The molecule has 0 unspecified atom stereocenters. The van der Waals surface area contributed by atoms with Gasteiger partial charge in [0.05, 0.1) is 10.5 Å². The number of carbonyl (C=O) groups is 1. The molecule has 11 heteroatoms. The molecule has 0 saturated carbocycles. The van der Waals surface area contributed by atoms with Crippen molar-refractivity contribution in [3.05, 3.63) is 94.6 Å². The molecule has 0 radical (unpaired) electrons. The first-order valence-electron chi connectivity index (χ1n) is 9.55. The number of non-ortho nitro benzene ring substituents is 1. The van der Waals surface area contributed by atoms with Crippen LogP contribution in [-0.4, -0.2) is 25.6 Å². The molecule has 1 amide bonds. The Balaban J connectivity index is 1.56. The molecule has 3 aromatic carbocycles. The molecule has 0 fully saturated rings. The number of hydrogen-bond acceptors (Lipinski definition) is 7. The van der Waals surface area contributed by atoms with Crippen molar-refractivity contribution in [3.8, 4) is 0 Å². The van der Waals surface area contributed by atoms with Crippen LogP contribution in [0.3, 0.4) is 0 Å². The first-order valence-corrected chi connectivity index (χ1v) is 11.2. The first-order chi connectivity index (χ1) is 15.9. The summed E-state index contributed by atoms with van der Waals surface area (Å²) >= 11 is 2.45. The van der Waals surface area contributed by atoms with Gasteiger partial charge in [-0.15, -0.1) is 10.2 Å². The number of nitrogens with zero attached hydrogens (tertiary/aromatic N) is 4. The fourth-order valence-electron chi connectivity index (χ4n) is 2.82. The summed E-state index contributed by atoms with van der Waals surface area (Å²) in [6.07, 6.45) is 1.60. The van der Waals surface area contributed by atoms with E-state index in [4.69, 9.17) is 0 Å². The molecule has 1 heterocycles. The Labute approximate surface area is 196 Å². The lowest BCUT2D eigenvalue weighted by atomic mass is 10.2. The van der Waals surface area contributed by atoms with Gasteiger partial charge in [0, 0.05) is 39.6 Å². The third-order valence-corrected chi connectivity index (χ3v) is 6.65. The van der Waals surface area contributed by atoms with Crippen molar-refractivity contribution in [2.45, 2.75) is 19.8 Å². The monoisotopic (exact) mass is 481 g/mol. The van der Waals surface area contributed by atoms with Gasteiger partial charge in [-0.25, -0.2) is 4.39 Å². The molecule has 166 valence electrons. The molecule has 1 aromatic heterocycles. The molecule has 4 rings (SSSR count). The van der Waals surface area contributed by atoms with Crippen molar-refractivity contribution in [1.82, 2.24) is 14.8 Å². The maximum absolute atomic E-state index is 14.1. The van der Waals surface area contributed by atoms with Crippen LogP contribution < -0.4 is 5.32 Å². The van der Waals surface area contributed by atoms with Crippen molar-refractivity contribution in [2.75, 3.05) is 5.32 Å². The molecule has 0 aliphatic rings. The smallest absolute Gasteiger partial charge is 0.270 e. The van der Waals surface area contributed by atoms with E-state index in [1.54, 1.807) is 41.2 Å². The van der Waals surface area contributed by atoms with Crippen LogP contribution in [0.4, 0.5) is 15.8 Å². The van der Waals surface area contributed by atoms with Gasteiger partial charge < -0.3 is 9.88 Å². The van der Waals surface area contributed by atoms with Crippen molar-refractivity contribution in [1.29, 1.82) is 0 Å². The highest BCUT2D eigenvalue weighted by molar-refractivity contribution is 7.99. The Morgan fingerprint density at radius 3 is 2.48 bits per heavy atom. The molecule has 8 nitrogen and oxygen atoms in total. The summed E-state index contributed by atoms with van der Waals surface area (Å²) in [5, 5.41) is 22.6. The van der Waals surface area contributed by atoms with Crippen molar-refractivity contribution in [3.63, 3.8) is 0 Å². The number of anilines is 1. The Kier molecular flexibility index (Phi) is 6.71. The number of aromatic nitrogens is 3. The molecule has 33 heavy (non-hydrogen) atoms.